The van der Waals surface area contributed by atoms with Crippen molar-refractivity contribution in [3.8, 4) is 5.75 Å². The molecule has 1 aromatic rings. The van der Waals surface area contributed by atoms with Gasteiger partial charge in [0.15, 0.2) is 0 Å². The minimum absolute atomic E-state index is 0.0299. The van der Waals surface area contributed by atoms with E-state index in [1.807, 2.05) is 11.8 Å². The van der Waals surface area contributed by atoms with E-state index in [1.54, 1.807) is 0 Å². The van der Waals surface area contributed by atoms with Crippen LogP contribution < -0.4 is 15.4 Å². The van der Waals surface area contributed by atoms with Gasteiger partial charge in [-0.2, -0.15) is 8.78 Å². The largest absolute Gasteiger partial charge is 0.435 e. The number of carbonyl (C=O) groups is 2. The Bertz CT molecular complexity index is 605. The van der Waals surface area contributed by atoms with E-state index >= 15 is 0 Å². The van der Waals surface area contributed by atoms with Crippen molar-refractivity contribution in [1.82, 2.24) is 15.1 Å². The van der Waals surface area contributed by atoms with E-state index in [0.29, 0.717) is 31.9 Å². The van der Waals surface area contributed by atoms with Crippen LogP contribution in [-0.2, 0) is 9.59 Å². The van der Waals surface area contributed by atoms with Gasteiger partial charge < -0.3 is 15.4 Å². The molecular weight excluding hydrogens is 358 g/mol. The second-order valence-electron chi connectivity index (χ2n) is 6.35. The smallest absolute Gasteiger partial charge is 0.387 e. The first-order valence-electron chi connectivity index (χ1n) is 9.02. The van der Waals surface area contributed by atoms with Crippen molar-refractivity contribution in [3.05, 3.63) is 24.3 Å². The normalized spacial score (nSPS) is 15.6. The summed E-state index contributed by atoms with van der Waals surface area (Å²) in [4.78, 5) is 28.0. The predicted octanol–water partition coefficient (Wildman–Crippen LogP) is 1.37. The molecular formula is C18H26F2N4O3. The molecule has 27 heavy (non-hydrogen) atoms. The molecule has 1 aliphatic heterocycles. The van der Waals surface area contributed by atoms with Gasteiger partial charge in [-0.3, -0.25) is 19.4 Å². The molecule has 2 amide bonds. The molecule has 0 atom stereocenters. The quantitative estimate of drug-likeness (QED) is 0.673. The molecule has 150 valence electrons. The summed E-state index contributed by atoms with van der Waals surface area (Å²) in [5.41, 5.74) is 0.521. The zero-order valence-corrected chi connectivity index (χ0v) is 15.4. The monoisotopic (exact) mass is 384 g/mol. The van der Waals surface area contributed by atoms with Gasteiger partial charge in [0.25, 0.3) is 0 Å². The van der Waals surface area contributed by atoms with Gasteiger partial charge >= 0.3 is 6.61 Å². The van der Waals surface area contributed by atoms with E-state index in [-0.39, 0.29) is 24.1 Å². The van der Waals surface area contributed by atoms with Crippen molar-refractivity contribution in [2.75, 3.05) is 51.1 Å². The molecule has 0 bridgehead atoms. The van der Waals surface area contributed by atoms with Crippen LogP contribution in [0, 0.1) is 0 Å². The minimum Gasteiger partial charge on any atom is -0.435 e. The van der Waals surface area contributed by atoms with Gasteiger partial charge in [0.2, 0.25) is 11.8 Å². The molecule has 7 nitrogen and oxygen atoms in total. The van der Waals surface area contributed by atoms with Gasteiger partial charge in [-0.1, -0.05) is 6.92 Å². The summed E-state index contributed by atoms with van der Waals surface area (Å²) in [5, 5.41) is 5.59. The lowest BCUT2D eigenvalue weighted by Crippen LogP contribution is -2.51. The number of hydrogen-bond donors (Lipinski definition) is 2. The third-order valence-corrected chi connectivity index (χ3v) is 4.13. The highest BCUT2D eigenvalue weighted by atomic mass is 19.3. The summed E-state index contributed by atoms with van der Waals surface area (Å²) < 4.78 is 28.5. The summed E-state index contributed by atoms with van der Waals surface area (Å²) in [6, 6.07) is 5.79. The Labute approximate surface area is 157 Å². The molecule has 2 rings (SSSR count). The molecule has 1 saturated heterocycles. The van der Waals surface area contributed by atoms with Crippen LogP contribution in [0.15, 0.2) is 24.3 Å². The molecule has 1 fully saturated rings. The number of amides is 2. The number of benzene rings is 1. The maximum absolute atomic E-state index is 12.1. The fraction of sp³-hybridized carbons (Fsp3) is 0.556. The lowest BCUT2D eigenvalue weighted by atomic mass is 10.3. The van der Waals surface area contributed by atoms with Gasteiger partial charge in [-0.15, -0.1) is 0 Å². The van der Waals surface area contributed by atoms with Crippen LogP contribution in [0.1, 0.15) is 13.3 Å². The van der Waals surface area contributed by atoms with E-state index in [9.17, 15) is 18.4 Å². The number of nitrogens with zero attached hydrogens (tertiary/aromatic N) is 2. The van der Waals surface area contributed by atoms with E-state index in [0.717, 1.165) is 19.5 Å². The predicted molar refractivity (Wildman–Crippen MR) is 97.9 cm³/mol. The maximum Gasteiger partial charge on any atom is 0.387 e. The van der Waals surface area contributed by atoms with E-state index in [2.05, 4.69) is 20.3 Å². The van der Waals surface area contributed by atoms with Crippen LogP contribution >= 0.6 is 0 Å². The van der Waals surface area contributed by atoms with E-state index in [1.165, 1.54) is 24.3 Å². The molecule has 0 aromatic heterocycles. The SMILES string of the molecule is CCCNC(=O)CN1CCN(CC(=O)Nc2ccc(OC(F)F)cc2)CC1. The van der Waals surface area contributed by atoms with Crippen molar-refractivity contribution < 1.29 is 23.1 Å². The highest BCUT2D eigenvalue weighted by Crippen LogP contribution is 2.17. The highest BCUT2D eigenvalue weighted by Gasteiger charge is 2.20. The fourth-order valence-corrected chi connectivity index (χ4v) is 2.75. The average Bonchev–Trinajstić information content (AvgIpc) is 2.63. The molecule has 9 heteroatoms. The highest BCUT2D eigenvalue weighted by molar-refractivity contribution is 5.92. The topological polar surface area (TPSA) is 73.9 Å². The molecule has 1 aromatic carbocycles. The van der Waals surface area contributed by atoms with Crippen molar-refractivity contribution in [3.63, 3.8) is 0 Å². The zero-order chi connectivity index (χ0) is 19.6. The Hall–Kier alpha value is -2.26. The summed E-state index contributed by atoms with van der Waals surface area (Å²) >= 11 is 0. The van der Waals surface area contributed by atoms with Gasteiger partial charge in [0, 0.05) is 38.4 Å². The molecule has 1 aliphatic rings. The Morgan fingerprint density at radius 3 is 2.11 bits per heavy atom. The van der Waals surface area contributed by atoms with E-state index in [4.69, 9.17) is 0 Å². The molecule has 2 N–H and O–H groups in total. The van der Waals surface area contributed by atoms with Crippen LogP contribution in [-0.4, -0.2) is 74.0 Å². The number of anilines is 1. The second-order valence-corrected chi connectivity index (χ2v) is 6.35. The third kappa shape index (κ3) is 7.88. The Morgan fingerprint density at radius 2 is 1.59 bits per heavy atom. The maximum atomic E-state index is 12.1. The standard InChI is InChI=1S/C18H26F2N4O3/c1-2-7-21-16(25)12-23-8-10-24(11-9-23)13-17(26)22-14-3-5-15(6-4-14)27-18(19)20/h3-6,18H,2,7-13H2,1H3,(H,21,25)(H,22,26). The van der Waals surface area contributed by atoms with Crippen LogP contribution in [0.4, 0.5) is 14.5 Å². The van der Waals surface area contributed by atoms with Gasteiger partial charge in [0.05, 0.1) is 13.1 Å². The van der Waals surface area contributed by atoms with Gasteiger partial charge in [0.1, 0.15) is 5.75 Å². The first kappa shape index (κ1) is 21.0. The van der Waals surface area contributed by atoms with Crippen molar-refractivity contribution in [1.29, 1.82) is 0 Å². The number of nitrogens with one attached hydrogen (secondary N) is 2. The number of carbonyl (C=O) groups excluding carboxylic acids is 2. The number of halogens is 2. The second kappa shape index (κ2) is 10.8. The number of hydrogen-bond acceptors (Lipinski definition) is 5. The Balaban J connectivity index is 1.69. The first-order valence-corrected chi connectivity index (χ1v) is 9.02. The van der Waals surface area contributed by atoms with Crippen molar-refractivity contribution >= 4 is 17.5 Å². The van der Waals surface area contributed by atoms with Crippen LogP contribution in [0.5, 0.6) is 5.75 Å². The summed E-state index contributed by atoms with van der Waals surface area (Å²) in [7, 11) is 0. The zero-order valence-electron chi connectivity index (χ0n) is 15.4. The number of ether oxygens (including phenoxy) is 1. The number of rotatable bonds is 9. The van der Waals surface area contributed by atoms with Crippen LogP contribution in [0.3, 0.4) is 0 Å². The van der Waals surface area contributed by atoms with Crippen molar-refractivity contribution in [2.24, 2.45) is 0 Å². The lowest BCUT2D eigenvalue weighted by molar-refractivity contribution is -0.123. The molecule has 0 saturated carbocycles. The molecule has 0 unspecified atom stereocenters. The molecule has 0 spiro atoms. The minimum atomic E-state index is -2.87. The van der Waals surface area contributed by atoms with Crippen LogP contribution in [0.25, 0.3) is 0 Å². The van der Waals surface area contributed by atoms with Crippen molar-refractivity contribution in [2.45, 2.75) is 20.0 Å². The summed E-state index contributed by atoms with van der Waals surface area (Å²) in [5.74, 6) is -0.101. The van der Waals surface area contributed by atoms with E-state index < -0.39 is 6.61 Å². The third-order valence-electron chi connectivity index (χ3n) is 4.13. The summed E-state index contributed by atoms with van der Waals surface area (Å²) in [6.45, 7) is 3.31. The number of alkyl halides is 2. The van der Waals surface area contributed by atoms with Crippen LogP contribution in [0.2, 0.25) is 0 Å². The molecule has 0 radical (unpaired) electrons. The molecule has 0 aliphatic carbocycles. The van der Waals surface area contributed by atoms with Gasteiger partial charge in [-0.05, 0) is 30.7 Å². The molecule has 1 heterocycles. The van der Waals surface area contributed by atoms with Gasteiger partial charge in [-0.25, -0.2) is 0 Å². The Kier molecular flexibility index (Phi) is 8.41. The fourth-order valence-electron chi connectivity index (χ4n) is 2.75. The lowest BCUT2D eigenvalue weighted by Gasteiger charge is -2.33. The average molecular weight is 384 g/mol. The summed E-state index contributed by atoms with van der Waals surface area (Å²) in [6.07, 6.45) is 0.913. The Morgan fingerprint density at radius 1 is 1.04 bits per heavy atom. The first-order chi connectivity index (χ1) is 13.0. The number of piperazine rings is 1.